The highest BCUT2D eigenvalue weighted by Crippen LogP contribution is 2.31. The van der Waals surface area contributed by atoms with Gasteiger partial charge in [0.2, 0.25) is 0 Å². The third kappa shape index (κ3) is 1.13. The van der Waals surface area contributed by atoms with E-state index in [1.165, 1.54) is 12.8 Å². The number of carbonyl (C=O) groups is 1. The van der Waals surface area contributed by atoms with Crippen LogP contribution in [0.2, 0.25) is 0 Å². The van der Waals surface area contributed by atoms with Crippen molar-refractivity contribution < 1.29 is 9.90 Å². The number of piperidine rings is 1. The minimum Gasteiger partial charge on any atom is -0.480 e. The molecule has 0 aromatic carbocycles. The molecular weight excluding hydrogens is 142 g/mol. The van der Waals surface area contributed by atoms with Gasteiger partial charge in [0.15, 0.2) is 0 Å². The van der Waals surface area contributed by atoms with Crippen molar-refractivity contribution in [1.29, 1.82) is 0 Å². The van der Waals surface area contributed by atoms with Crippen LogP contribution in [0, 0.1) is 5.92 Å². The van der Waals surface area contributed by atoms with Crippen LogP contribution < -0.4 is 0 Å². The van der Waals surface area contributed by atoms with Crippen molar-refractivity contribution in [3.63, 3.8) is 0 Å². The van der Waals surface area contributed by atoms with E-state index in [2.05, 4.69) is 4.90 Å². The van der Waals surface area contributed by atoms with Gasteiger partial charge < -0.3 is 5.11 Å². The summed E-state index contributed by atoms with van der Waals surface area (Å²) in [6.07, 6.45) is 3.31. The summed E-state index contributed by atoms with van der Waals surface area (Å²) in [7, 11) is 0. The average Bonchev–Trinajstić information content (AvgIpc) is 2.27. The van der Waals surface area contributed by atoms with Gasteiger partial charge in [0, 0.05) is 6.54 Å². The molecule has 0 aromatic rings. The Hall–Kier alpha value is -0.570. The Labute approximate surface area is 66.0 Å². The summed E-state index contributed by atoms with van der Waals surface area (Å²) in [5, 5.41) is 8.82. The van der Waals surface area contributed by atoms with E-state index < -0.39 is 5.97 Å². The van der Waals surface area contributed by atoms with Crippen LogP contribution in [-0.4, -0.2) is 35.1 Å². The molecule has 62 valence electrons. The summed E-state index contributed by atoms with van der Waals surface area (Å²) in [4.78, 5) is 12.8. The first-order valence-electron chi connectivity index (χ1n) is 4.24. The maximum absolute atomic E-state index is 10.7. The fraction of sp³-hybridized carbons (Fsp3) is 0.875. The SMILES string of the molecule is O=C(O)C1CC2CCCN1C2. The standard InChI is InChI=1S/C8H13NO2/c10-8(11)7-4-6-2-1-3-9(7)5-6/h6-7H,1-5H2,(H,10,11). The molecule has 3 atom stereocenters. The largest absolute Gasteiger partial charge is 0.480 e. The Kier molecular flexibility index (Phi) is 1.60. The van der Waals surface area contributed by atoms with Gasteiger partial charge in [-0.15, -0.1) is 0 Å². The Bertz CT molecular complexity index is 181. The van der Waals surface area contributed by atoms with Gasteiger partial charge in [0.25, 0.3) is 0 Å². The normalized spacial score (nSPS) is 42.4. The van der Waals surface area contributed by atoms with Gasteiger partial charge in [-0.05, 0) is 31.7 Å². The van der Waals surface area contributed by atoms with E-state index in [9.17, 15) is 4.79 Å². The molecule has 0 aromatic heterocycles. The van der Waals surface area contributed by atoms with Gasteiger partial charge in [-0.2, -0.15) is 0 Å². The summed E-state index contributed by atoms with van der Waals surface area (Å²) in [5.41, 5.74) is 0. The van der Waals surface area contributed by atoms with Crippen molar-refractivity contribution >= 4 is 5.97 Å². The van der Waals surface area contributed by atoms with Crippen LogP contribution in [0.15, 0.2) is 0 Å². The van der Waals surface area contributed by atoms with E-state index >= 15 is 0 Å². The second-order valence-electron chi connectivity index (χ2n) is 3.59. The van der Waals surface area contributed by atoms with Gasteiger partial charge in [-0.25, -0.2) is 0 Å². The third-order valence-corrected chi connectivity index (χ3v) is 2.83. The fourth-order valence-corrected chi connectivity index (χ4v) is 2.29. The number of nitrogens with zero attached hydrogens (tertiary/aromatic N) is 1. The Morgan fingerprint density at radius 3 is 3.00 bits per heavy atom. The summed E-state index contributed by atoms with van der Waals surface area (Å²) in [6.45, 7) is 2.02. The molecular formula is C8H13NO2. The predicted molar refractivity (Wildman–Crippen MR) is 40.3 cm³/mol. The first-order chi connectivity index (χ1) is 5.27. The number of carboxylic acid groups (broad SMARTS) is 1. The molecule has 2 aliphatic heterocycles. The zero-order valence-electron chi connectivity index (χ0n) is 6.49. The number of hydrogen-bond donors (Lipinski definition) is 1. The van der Waals surface area contributed by atoms with Crippen molar-refractivity contribution in [2.75, 3.05) is 13.1 Å². The number of fused-ring (bicyclic) bond motifs is 2. The van der Waals surface area contributed by atoms with E-state index in [-0.39, 0.29) is 6.04 Å². The highest BCUT2D eigenvalue weighted by molar-refractivity contribution is 5.73. The molecule has 0 radical (unpaired) electrons. The minimum atomic E-state index is -0.630. The van der Waals surface area contributed by atoms with Crippen LogP contribution in [0.4, 0.5) is 0 Å². The van der Waals surface area contributed by atoms with Gasteiger partial charge in [0.1, 0.15) is 6.04 Å². The van der Waals surface area contributed by atoms with Crippen molar-refractivity contribution in [2.24, 2.45) is 5.92 Å². The third-order valence-electron chi connectivity index (χ3n) is 2.83. The van der Waals surface area contributed by atoms with E-state index in [4.69, 9.17) is 5.11 Å². The zero-order chi connectivity index (χ0) is 7.84. The van der Waals surface area contributed by atoms with Crippen molar-refractivity contribution in [1.82, 2.24) is 4.90 Å². The Balaban J connectivity index is 2.08. The highest BCUT2D eigenvalue weighted by Gasteiger charge is 2.38. The smallest absolute Gasteiger partial charge is 0.320 e. The van der Waals surface area contributed by atoms with Crippen LogP contribution in [-0.2, 0) is 4.79 Å². The molecule has 2 fully saturated rings. The molecule has 0 saturated carbocycles. The van der Waals surface area contributed by atoms with Gasteiger partial charge in [0.05, 0.1) is 0 Å². The quantitative estimate of drug-likeness (QED) is 0.601. The van der Waals surface area contributed by atoms with E-state index in [0.717, 1.165) is 19.5 Å². The monoisotopic (exact) mass is 155 g/mol. The molecule has 3 nitrogen and oxygen atoms in total. The molecule has 0 aliphatic carbocycles. The van der Waals surface area contributed by atoms with E-state index in [1.807, 2.05) is 0 Å². The molecule has 2 bridgehead atoms. The van der Waals surface area contributed by atoms with Crippen LogP contribution >= 0.6 is 0 Å². The van der Waals surface area contributed by atoms with Crippen LogP contribution in [0.1, 0.15) is 19.3 Å². The average molecular weight is 155 g/mol. The van der Waals surface area contributed by atoms with Gasteiger partial charge in [-0.1, -0.05) is 0 Å². The molecule has 0 spiro atoms. The number of hydrogen-bond acceptors (Lipinski definition) is 2. The fourth-order valence-electron chi connectivity index (χ4n) is 2.29. The molecule has 2 saturated heterocycles. The Morgan fingerprint density at radius 2 is 2.36 bits per heavy atom. The topological polar surface area (TPSA) is 40.5 Å². The molecule has 2 aliphatic rings. The molecule has 2 rings (SSSR count). The first kappa shape index (κ1) is 7.10. The lowest BCUT2D eigenvalue weighted by atomic mass is 10.00. The maximum Gasteiger partial charge on any atom is 0.320 e. The van der Waals surface area contributed by atoms with E-state index in [1.54, 1.807) is 0 Å². The zero-order valence-corrected chi connectivity index (χ0v) is 6.49. The van der Waals surface area contributed by atoms with Gasteiger partial charge >= 0.3 is 5.97 Å². The molecule has 0 amide bonds. The first-order valence-corrected chi connectivity index (χ1v) is 4.24. The summed E-state index contributed by atoms with van der Waals surface area (Å²) in [5.74, 6) is 0.0410. The van der Waals surface area contributed by atoms with Gasteiger partial charge in [-0.3, -0.25) is 9.69 Å². The van der Waals surface area contributed by atoms with Crippen LogP contribution in [0.25, 0.3) is 0 Å². The number of rotatable bonds is 1. The van der Waals surface area contributed by atoms with E-state index in [0.29, 0.717) is 5.92 Å². The number of carboxylic acids is 1. The lowest BCUT2D eigenvalue weighted by molar-refractivity contribution is -0.142. The second kappa shape index (κ2) is 2.48. The molecule has 3 heteroatoms. The molecule has 2 heterocycles. The highest BCUT2D eigenvalue weighted by atomic mass is 16.4. The lowest BCUT2D eigenvalue weighted by Gasteiger charge is -2.23. The summed E-state index contributed by atoms with van der Waals surface area (Å²) < 4.78 is 0. The Morgan fingerprint density at radius 1 is 1.55 bits per heavy atom. The molecule has 3 unspecified atom stereocenters. The van der Waals surface area contributed by atoms with Crippen molar-refractivity contribution in [3.8, 4) is 0 Å². The van der Waals surface area contributed by atoms with Crippen LogP contribution in [0.5, 0.6) is 0 Å². The summed E-state index contributed by atoms with van der Waals surface area (Å²) in [6, 6.07) is -0.164. The predicted octanol–water partition coefficient (Wildman–Crippen LogP) is 0.555. The van der Waals surface area contributed by atoms with Crippen LogP contribution in [0.3, 0.4) is 0 Å². The van der Waals surface area contributed by atoms with Crippen molar-refractivity contribution in [2.45, 2.75) is 25.3 Å². The summed E-state index contributed by atoms with van der Waals surface area (Å²) >= 11 is 0. The number of aliphatic carboxylic acids is 1. The lowest BCUT2D eigenvalue weighted by Crippen LogP contribution is -2.37. The molecule has 11 heavy (non-hydrogen) atoms. The van der Waals surface area contributed by atoms with Crippen molar-refractivity contribution in [3.05, 3.63) is 0 Å². The minimum absolute atomic E-state index is 0.164. The second-order valence-corrected chi connectivity index (χ2v) is 3.59. The maximum atomic E-state index is 10.7. The molecule has 1 N–H and O–H groups in total.